The van der Waals surface area contributed by atoms with Gasteiger partial charge in [-0.05, 0) is 36.4 Å². The molecule has 0 heterocycles. The van der Waals surface area contributed by atoms with Crippen molar-refractivity contribution in [2.45, 2.75) is 44.2 Å². The maximum absolute atomic E-state index is 12.7. The number of amides is 1. The van der Waals surface area contributed by atoms with Gasteiger partial charge in [0.1, 0.15) is 0 Å². The molecule has 0 aliphatic heterocycles. The highest BCUT2D eigenvalue weighted by Gasteiger charge is 2.48. The van der Waals surface area contributed by atoms with Crippen LogP contribution in [0.4, 0.5) is 18.9 Å². The van der Waals surface area contributed by atoms with Crippen LogP contribution in [0.25, 0.3) is 10.8 Å². The monoisotopic (exact) mass is 401 g/mol. The Hall–Kier alpha value is -2.29. The molecule has 9 heteroatoms. The van der Waals surface area contributed by atoms with Crippen LogP contribution < -0.4 is 9.08 Å². The van der Waals surface area contributed by atoms with E-state index in [0.717, 1.165) is 31.7 Å². The number of fused-ring (bicyclic) bond motifs is 1. The quantitative estimate of drug-likeness (QED) is 0.564. The molecule has 0 spiro atoms. The SMILES string of the molecule is CC(=O)N(c1ccc2cccc(OS(=O)(=O)C(F)(F)F)c2c1)C1CCCC1. The van der Waals surface area contributed by atoms with E-state index in [1.54, 1.807) is 23.1 Å². The third kappa shape index (κ3) is 3.87. The van der Waals surface area contributed by atoms with Crippen molar-refractivity contribution in [3.05, 3.63) is 36.4 Å². The molecule has 0 bridgehead atoms. The first-order chi connectivity index (χ1) is 12.6. The fourth-order valence-electron chi connectivity index (χ4n) is 3.43. The van der Waals surface area contributed by atoms with Crippen molar-refractivity contribution in [3.63, 3.8) is 0 Å². The number of benzene rings is 2. The van der Waals surface area contributed by atoms with E-state index in [4.69, 9.17) is 0 Å². The molecule has 0 aromatic heterocycles. The first-order valence-corrected chi connectivity index (χ1v) is 9.84. The first-order valence-electron chi connectivity index (χ1n) is 8.43. The molecule has 1 saturated carbocycles. The third-order valence-corrected chi connectivity index (χ3v) is 5.58. The van der Waals surface area contributed by atoms with Crippen LogP contribution in [0.15, 0.2) is 36.4 Å². The number of nitrogens with zero attached hydrogens (tertiary/aromatic N) is 1. The maximum Gasteiger partial charge on any atom is 0.534 e. The molecule has 146 valence electrons. The molecule has 1 aliphatic rings. The van der Waals surface area contributed by atoms with Crippen molar-refractivity contribution in [2.24, 2.45) is 0 Å². The molecule has 0 N–H and O–H groups in total. The Kier molecular flexibility index (Phi) is 5.07. The average Bonchev–Trinajstić information content (AvgIpc) is 3.08. The topological polar surface area (TPSA) is 63.7 Å². The highest BCUT2D eigenvalue weighted by Crippen LogP contribution is 2.35. The second-order valence-corrected chi connectivity index (χ2v) is 8.01. The molecule has 2 aromatic carbocycles. The van der Waals surface area contributed by atoms with Gasteiger partial charge in [-0.15, -0.1) is 0 Å². The fourth-order valence-corrected chi connectivity index (χ4v) is 3.91. The normalized spacial score (nSPS) is 15.9. The van der Waals surface area contributed by atoms with Crippen LogP contribution in [0.2, 0.25) is 0 Å². The lowest BCUT2D eigenvalue weighted by Crippen LogP contribution is -2.37. The Morgan fingerprint density at radius 3 is 2.41 bits per heavy atom. The minimum Gasteiger partial charge on any atom is -0.375 e. The highest BCUT2D eigenvalue weighted by atomic mass is 32.2. The zero-order chi connectivity index (χ0) is 19.8. The van der Waals surface area contributed by atoms with Crippen molar-refractivity contribution in [1.29, 1.82) is 0 Å². The lowest BCUT2D eigenvalue weighted by molar-refractivity contribution is -0.117. The molecule has 0 saturated heterocycles. The second-order valence-electron chi connectivity index (χ2n) is 6.47. The number of anilines is 1. The lowest BCUT2D eigenvalue weighted by atomic mass is 10.1. The van der Waals surface area contributed by atoms with E-state index in [1.165, 1.54) is 19.1 Å². The standard InChI is InChI=1S/C18H18F3NO4S/c1-12(23)22(14-6-2-3-7-14)15-10-9-13-5-4-8-17(16(13)11-15)26-27(24,25)18(19,20)21/h4-5,8-11,14H,2-3,6-7H2,1H3. The zero-order valence-electron chi connectivity index (χ0n) is 14.5. The summed E-state index contributed by atoms with van der Waals surface area (Å²) in [7, 11) is -5.79. The van der Waals surface area contributed by atoms with Crippen molar-refractivity contribution in [3.8, 4) is 5.75 Å². The Bertz CT molecular complexity index is 966. The fraction of sp³-hybridized carbons (Fsp3) is 0.389. The molecular weight excluding hydrogens is 383 g/mol. The van der Waals surface area contributed by atoms with Gasteiger partial charge in [0, 0.05) is 24.0 Å². The van der Waals surface area contributed by atoms with Crippen molar-refractivity contribution >= 4 is 32.5 Å². The van der Waals surface area contributed by atoms with Crippen molar-refractivity contribution < 1.29 is 30.6 Å². The third-order valence-electron chi connectivity index (χ3n) is 4.62. The largest absolute Gasteiger partial charge is 0.534 e. The molecule has 2 aromatic rings. The van der Waals surface area contributed by atoms with E-state index in [-0.39, 0.29) is 17.3 Å². The Morgan fingerprint density at radius 1 is 1.15 bits per heavy atom. The van der Waals surface area contributed by atoms with Gasteiger partial charge >= 0.3 is 15.6 Å². The summed E-state index contributed by atoms with van der Waals surface area (Å²) in [4.78, 5) is 13.8. The predicted molar refractivity (Wildman–Crippen MR) is 95.0 cm³/mol. The molecule has 3 rings (SSSR count). The molecule has 1 aliphatic carbocycles. The lowest BCUT2D eigenvalue weighted by Gasteiger charge is -2.28. The number of carbonyl (C=O) groups is 1. The molecule has 0 atom stereocenters. The first kappa shape index (κ1) is 19.5. The number of rotatable bonds is 4. The highest BCUT2D eigenvalue weighted by molar-refractivity contribution is 7.88. The van der Waals surface area contributed by atoms with Crippen molar-refractivity contribution in [1.82, 2.24) is 0 Å². The Morgan fingerprint density at radius 2 is 1.81 bits per heavy atom. The summed E-state index contributed by atoms with van der Waals surface area (Å²) < 4.78 is 65.1. The summed E-state index contributed by atoms with van der Waals surface area (Å²) in [5.74, 6) is -0.607. The Balaban J connectivity index is 2.07. The van der Waals surface area contributed by atoms with E-state index in [0.29, 0.717) is 11.1 Å². The minimum atomic E-state index is -5.79. The smallest absolute Gasteiger partial charge is 0.375 e. The molecule has 5 nitrogen and oxygen atoms in total. The van der Waals surface area contributed by atoms with Crippen LogP contribution in [0.3, 0.4) is 0 Å². The van der Waals surface area contributed by atoms with E-state index in [2.05, 4.69) is 4.18 Å². The molecule has 0 unspecified atom stereocenters. The van der Waals surface area contributed by atoms with Crippen LogP contribution in [0.5, 0.6) is 5.75 Å². The summed E-state index contributed by atoms with van der Waals surface area (Å²) >= 11 is 0. The number of hydrogen-bond donors (Lipinski definition) is 0. The van der Waals surface area contributed by atoms with Gasteiger partial charge in [-0.25, -0.2) is 0 Å². The zero-order valence-corrected chi connectivity index (χ0v) is 15.3. The van der Waals surface area contributed by atoms with Gasteiger partial charge in [0.15, 0.2) is 5.75 Å². The van der Waals surface area contributed by atoms with Gasteiger partial charge in [0.05, 0.1) is 0 Å². The van der Waals surface area contributed by atoms with Gasteiger partial charge in [0.2, 0.25) is 5.91 Å². The summed E-state index contributed by atoms with van der Waals surface area (Å²) in [5, 5.41) is 0.690. The van der Waals surface area contributed by atoms with Crippen LogP contribution in [-0.4, -0.2) is 25.9 Å². The van der Waals surface area contributed by atoms with Crippen LogP contribution >= 0.6 is 0 Å². The summed E-state index contributed by atoms with van der Waals surface area (Å²) in [5.41, 5.74) is -5.02. The number of hydrogen-bond acceptors (Lipinski definition) is 4. The van der Waals surface area contributed by atoms with Crippen LogP contribution in [-0.2, 0) is 14.9 Å². The summed E-state index contributed by atoms with van der Waals surface area (Å²) in [6.45, 7) is 1.43. The summed E-state index contributed by atoms with van der Waals surface area (Å²) in [6.07, 6.45) is 3.69. The molecular formula is C18H18F3NO4S. The molecule has 1 fully saturated rings. The van der Waals surface area contributed by atoms with Gasteiger partial charge in [0.25, 0.3) is 0 Å². The van der Waals surface area contributed by atoms with E-state index in [9.17, 15) is 26.4 Å². The minimum absolute atomic E-state index is 0.0203. The predicted octanol–water partition coefficient (Wildman–Crippen LogP) is 4.36. The van der Waals surface area contributed by atoms with E-state index in [1.807, 2.05) is 0 Å². The average molecular weight is 401 g/mol. The number of halogens is 3. The molecule has 27 heavy (non-hydrogen) atoms. The maximum atomic E-state index is 12.7. The Labute approximate surface area is 154 Å². The number of carbonyl (C=O) groups excluding carboxylic acids is 1. The van der Waals surface area contributed by atoms with Crippen LogP contribution in [0, 0.1) is 0 Å². The molecule has 0 radical (unpaired) electrons. The van der Waals surface area contributed by atoms with Gasteiger partial charge in [-0.1, -0.05) is 31.0 Å². The van der Waals surface area contributed by atoms with Gasteiger partial charge < -0.3 is 9.08 Å². The van der Waals surface area contributed by atoms with E-state index >= 15 is 0 Å². The van der Waals surface area contributed by atoms with Gasteiger partial charge in [-0.3, -0.25) is 4.79 Å². The van der Waals surface area contributed by atoms with E-state index < -0.39 is 21.4 Å². The van der Waals surface area contributed by atoms with Crippen LogP contribution in [0.1, 0.15) is 32.6 Å². The second kappa shape index (κ2) is 7.03. The summed E-state index contributed by atoms with van der Waals surface area (Å²) in [6, 6.07) is 9.03. The van der Waals surface area contributed by atoms with Gasteiger partial charge in [-0.2, -0.15) is 21.6 Å². The van der Waals surface area contributed by atoms with Crippen molar-refractivity contribution in [2.75, 3.05) is 4.90 Å². The number of alkyl halides is 3. The molecule has 1 amide bonds.